The first-order valence-corrected chi connectivity index (χ1v) is 8.99. The molecule has 9 heteroatoms. The molecule has 142 valence electrons. The Morgan fingerprint density at radius 1 is 1.30 bits per heavy atom. The van der Waals surface area contributed by atoms with E-state index in [4.69, 9.17) is 21.3 Å². The molecule has 1 aromatic carbocycles. The van der Waals surface area contributed by atoms with Crippen molar-refractivity contribution in [3.8, 4) is 0 Å². The maximum absolute atomic E-state index is 13.1. The van der Waals surface area contributed by atoms with Crippen molar-refractivity contribution in [2.75, 3.05) is 32.2 Å². The van der Waals surface area contributed by atoms with Gasteiger partial charge in [-0.1, -0.05) is 17.7 Å². The number of ether oxygens (including phenoxy) is 1. The highest BCUT2D eigenvalue weighted by atomic mass is 35.5. The first kappa shape index (κ1) is 17.8. The molecule has 0 radical (unpaired) electrons. The minimum atomic E-state index is -0.585. The molecule has 27 heavy (non-hydrogen) atoms. The number of guanidine groups is 1. The van der Waals surface area contributed by atoms with Crippen molar-refractivity contribution in [3.05, 3.63) is 41.2 Å². The summed E-state index contributed by atoms with van der Waals surface area (Å²) in [6, 6.07) is 6.49. The smallest absolute Gasteiger partial charge is 0.328 e. The van der Waals surface area contributed by atoms with E-state index in [1.807, 2.05) is 41.1 Å². The van der Waals surface area contributed by atoms with E-state index in [-0.39, 0.29) is 18.5 Å². The lowest BCUT2D eigenvalue weighted by atomic mass is 10.1. The Bertz CT molecular complexity index is 870. The maximum Gasteiger partial charge on any atom is 0.328 e. The van der Waals surface area contributed by atoms with E-state index in [9.17, 15) is 9.59 Å². The quantitative estimate of drug-likeness (QED) is 0.787. The lowest BCUT2D eigenvalue weighted by molar-refractivity contribution is -0.137. The number of rotatable bonds is 4. The summed E-state index contributed by atoms with van der Waals surface area (Å²) in [5.74, 6) is 0.349. The fourth-order valence-corrected chi connectivity index (χ4v) is 3.86. The Labute approximate surface area is 162 Å². The highest BCUT2D eigenvalue weighted by Gasteiger charge is 2.54. The van der Waals surface area contributed by atoms with Gasteiger partial charge in [-0.05, 0) is 25.1 Å². The summed E-state index contributed by atoms with van der Waals surface area (Å²) in [5.41, 5.74) is 1.78. The van der Waals surface area contributed by atoms with Crippen LogP contribution in [0.2, 0.25) is 5.02 Å². The van der Waals surface area contributed by atoms with Gasteiger partial charge >= 0.3 is 6.03 Å². The van der Waals surface area contributed by atoms with Crippen molar-refractivity contribution in [2.45, 2.75) is 19.1 Å². The van der Waals surface area contributed by atoms with Crippen molar-refractivity contribution in [1.29, 1.82) is 0 Å². The summed E-state index contributed by atoms with van der Waals surface area (Å²) in [7, 11) is 3.20. The molecule has 1 saturated heterocycles. The zero-order chi connectivity index (χ0) is 19.3. The van der Waals surface area contributed by atoms with Crippen molar-refractivity contribution >= 4 is 35.2 Å². The molecule has 3 aliphatic rings. The topological polar surface area (TPSA) is 68.7 Å². The molecule has 1 fully saturated rings. The van der Waals surface area contributed by atoms with E-state index in [2.05, 4.69) is 0 Å². The summed E-state index contributed by atoms with van der Waals surface area (Å²) in [6.07, 6.45) is 1.32. The second kappa shape index (κ2) is 6.54. The van der Waals surface area contributed by atoms with Crippen LogP contribution in [0.3, 0.4) is 0 Å². The number of anilines is 1. The Kier molecular flexibility index (Phi) is 4.32. The van der Waals surface area contributed by atoms with Crippen molar-refractivity contribution in [1.82, 2.24) is 14.7 Å². The molecule has 0 aromatic heterocycles. The molecule has 2 unspecified atom stereocenters. The number of benzene rings is 1. The predicted octanol–water partition coefficient (Wildman–Crippen LogP) is 1.93. The molecule has 0 aliphatic carbocycles. The number of allylic oxidation sites excluding steroid dienone is 1. The van der Waals surface area contributed by atoms with Crippen LogP contribution in [-0.4, -0.2) is 72.1 Å². The van der Waals surface area contributed by atoms with Crippen molar-refractivity contribution < 1.29 is 14.3 Å². The number of hydrogen-bond donors (Lipinski definition) is 0. The largest absolute Gasteiger partial charge is 0.383 e. The van der Waals surface area contributed by atoms with Gasteiger partial charge in [0, 0.05) is 31.1 Å². The van der Waals surface area contributed by atoms with Crippen LogP contribution in [0.15, 0.2) is 41.2 Å². The third-order valence-corrected chi connectivity index (χ3v) is 5.21. The molecule has 0 N–H and O–H groups in total. The number of fused-ring (bicyclic) bond motifs is 3. The molecule has 4 rings (SSSR count). The van der Waals surface area contributed by atoms with Crippen LogP contribution in [0.25, 0.3) is 0 Å². The highest BCUT2D eigenvalue weighted by molar-refractivity contribution is 6.31. The summed E-state index contributed by atoms with van der Waals surface area (Å²) < 4.78 is 5.04. The molecule has 3 aliphatic heterocycles. The van der Waals surface area contributed by atoms with Crippen molar-refractivity contribution in [3.63, 3.8) is 0 Å². The van der Waals surface area contributed by atoms with Crippen LogP contribution < -0.4 is 4.90 Å². The molecular weight excluding hydrogens is 370 g/mol. The van der Waals surface area contributed by atoms with Gasteiger partial charge < -0.3 is 14.5 Å². The highest BCUT2D eigenvalue weighted by Crippen LogP contribution is 2.36. The van der Waals surface area contributed by atoms with Gasteiger partial charge in [0.2, 0.25) is 5.96 Å². The van der Waals surface area contributed by atoms with Crippen LogP contribution in [0.5, 0.6) is 0 Å². The van der Waals surface area contributed by atoms with Gasteiger partial charge in [-0.2, -0.15) is 0 Å². The van der Waals surface area contributed by atoms with E-state index < -0.39 is 12.2 Å². The number of methoxy groups -OCH3 is 1. The van der Waals surface area contributed by atoms with Gasteiger partial charge in [0.15, 0.2) is 12.2 Å². The zero-order valence-corrected chi connectivity index (χ0v) is 16.1. The number of carbonyl (C=O) groups is 2. The van der Waals surface area contributed by atoms with Gasteiger partial charge in [-0.15, -0.1) is 0 Å². The SMILES string of the molecule is COCCN1C(=O)C2C(N=C3N(c4cccc(Cl)c4)C(C)=CN32)N(C)C1=O. The Morgan fingerprint density at radius 3 is 2.78 bits per heavy atom. The number of imide groups is 1. The fraction of sp³-hybridized carbons (Fsp3) is 0.389. The molecule has 0 bridgehead atoms. The summed E-state index contributed by atoms with van der Waals surface area (Å²) in [5, 5.41) is 0.615. The maximum atomic E-state index is 13.1. The number of halogens is 1. The normalized spacial score (nSPS) is 24.3. The number of urea groups is 1. The number of likely N-dealkylation sites (N-methyl/N-ethyl adjacent to an activating group) is 1. The molecule has 0 saturated carbocycles. The number of aliphatic imine (C=N–C) groups is 1. The average Bonchev–Trinajstić information content (AvgIpc) is 3.14. The number of hydrogen-bond acceptors (Lipinski definition) is 6. The lowest BCUT2D eigenvalue weighted by Gasteiger charge is -2.40. The van der Waals surface area contributed by atoms with Crippen LogP contribution >= 0.6 is 11.6 Å². The van der Waals surface area contributed by atoms with E-state index in [0.717, 1.165) is 11.4 Å². The zero-order valence-electron chi connectivity index (χ0n) is 15.3. The fourth-order valence-electron chi connectivity index (χ4n) is 3.68. The Hall–Kier alpha value is -2.58. The third kappa shape index (κ3) is 2.67. The molecule has 3 heterocycles. The minimum absolute atomic E-state index is 0.214. The first-order valence-electron chi connectivity index (χ1n) is 8.61. The van der Waals surface area contributed by atoms with Crippen LogP contribution in [0, 0.1) is 0 Å². The van der Waals surface area contributed by atoms with Crippen molar-refractivity contribution in [2.24, 2.45) is 4.99 Å². The van der Waals surface area contributed by atoms with E-state index in [0.29, 0.717) is 17.6 Å². The van der Waals surface area contributed by atoms with Gasteiger partial charge in [-0.3, -0.25) is 14.6 Å². The minimum Gasteiger partial charge on any atom is -0.383 e. The molecule has 1 aromatic rings. The Balaban J connectivity index is 1.70. The summed E-state index contributed by atoms with van der Waals surface area (Å²) in [4.78, 5) is 36.9. The average molecular weight is 390 g/mol. The molecule has 0 spiro atoms. The third-order valence-electron chi connectivity index (χ3n) is 4.97. The standard InChI is InChI=1S/C18H20ClN5O3/c1-11-10-23-14-15(21(2)18(26)22(16(14)25)7-8-27-3)20-17(23)24(11)13-6-4-5-12(19)9-13/h4-6,9-10,14-15H,7-8H2,1-3H3. The summed E-state index contributed by atoms with van der Waals surface area (Å²) in [6.45, 7) is 2.45. The molecule has 3 amide bonds. The van der Waals surface area contributed by atoms with Gasteiger partial charge in [0.25, 0.3) is 5.91 Å². The Morgan fingerprint density at radius 2 is 2.07 bits per heavy atom. The molecular formula is C18H20ClN5O3. The van der Waals surface area contributed by atoms with Gasteiger partial charge in [0.05, 0.1) is 18.8 Å². The number of amides is 3. The van der Waals surface area contributed by atoms with E-state index in [1.54, 1.807) is 13.1 Å². The second-order valence-corrected chi connectivity index (χ2v) is 7.09. The van der Waals surface area contributed by atoms with E-state index >= 15 is 0 Å². The monoisotopic (exact) mass is 389 g/mol. The first-order chi connectivity index (χ1) is 12.9. The van der Waals surface area contributed by atoms with E-state index in [1.165, 1.54) is 16.9 Å². The van der Waals surface area contributed by atoms with Crippen LogP contribution in [0.4, 0.5) is 10.5 Å². The summed E-state index contributed by atoms with van der Waals surface area (Å²) >= 11 is 6.14. The van der Waals surface area contributed by atoms with Gasteiger partial charge in [-0.25, -0.2) is 9.79 Å². The predicted molar refractivity (Wildman–Crippen MR) is 101 cm³/mol. The van der Waals surface area contributed by atoms with Gasteiger partial charge in [0.1, 0.15) is 0 Å². The lowest BCUT2D eigenvalue weighted by Crippen LogP contribution is -2.64. The molecule has 2 atom stereocenters. The second-order valence-electron chi connectivity index (χ2n) is 6.66. The van der Waals surface area contributed by atoms with Crippen LogP contribution in [-0.2, 0) is 9.53 Å². The van der Waals surface area contributed by atoms with Crippen LogP contribution in [0.1, 0.15) is 6.92 Å². The number of carbonyl (C=O) groups excluding carboxylic acids is 2. The number of nitrogens with zero attached hydrogens (tertiary/aromatic N) is 5. The molecule has 8 nitrogen and oxygen atoms in total.